The van der Waals surface area contributed by atoms with Gasteiger partial charge in [-0.25, -0.2) is 0 Å². The van der Waals surface area contributed by atoms with Gasteiger partial charge < -0.3 is 19.0 Å². The molecule has 0 aliphatic rings. The van der Waals surface area contributed by atoms with Crippen LogP contribution in [0.3, 0.4) is 0 Å². The molecule has 1 N–H and O–H groups in total. The molecule has 4 heteroatoms. The van der Waals surface area contributed by atoms with Crippen LogP contribution < -0.4 is 0 Å². The molecule has 1 aromatic rings. The Morgan fingerprint density at radius 2 is 2.08 bits per heavy atom. The van der Waals surface area contributed by atoms with Crippen LogP contribution in [0.5, 0.6) is 0 Å². The predicted octanol–water partition coefficient (Wildman–Crippen LogP) is 0.932. The summed E-state index contributed by atoms with van der Waals surface area (Å²) >= 11 is 0. The van der Waals surface area contributed by atoms with E-state index in [9.17, 15) is 5.11 Å². The first-order valence-corrected chi connectivity index (χ1v) is 3.55. The Hall–Kier alpha value is -0.840. The van der Waals surface area contributed by atoms with Crippen LogP contribution in [0.1, 0.15) is 11.7 Å². The summed E-state index contributed by atoms with van der Waals surface area (Å²) in [5.41, 5.74) is 0.642. The minimum absolute atomic E-state index is 0.642. The predicted molar refractivity (Wildman–Crippen MR) is 41.5 cm³/mol. The van der Waals surface area contributed by atoms with Gasteiger partial charge in [0.2, 0.25) is 0 Å². The summed E-state index contributed by atoms with van der Waals surface area (Å²) in [5.74, 6) is 0. The number of hydrogen-bond donors (Lipinski definition) is 1. The molecule has 1 aromatic heterocycles. The molecule has 1 rings (SSSR count). The molecule has 1 atom stereocenters. The lowest BCUT2D eigenvalue weighted by Gasteiger charge is -2.18. The average molecular weight is 172 g/mol. The van der Waals surface area contributed by atoms with Crippen molar-refractivity contribution < 1.29 is 19.0 Å². The second kappa shape index (κ2) is 4.25. The Bertz CT molecular complexity index is 203. The Balaban J connectivity index is 2.63. The summed E-state index contributed by atoms with van der Waals surface area (Å²) < 4.78 is 14.5. The SMILES string of the molecule is COC(OC)C(O)c1ccoc1. The number of aliphatic hydroxyl groups is 1. The van der Waals surface area contributed by atoms with E-state index in [4.69, 9.17) is 13.9 Å². The van der Waals surface area contributed by atoms with Crippen molar-refractivity contribution in [1.29, 1.82) is 0 Å². The van der Waals surface area contributed by atoms with E-state index in [1.807, 2.05) is 0 Å². The molecule has 0 bridgehead atoms. The molecule has 4 nitrogen and oxygen atoms in total. The molecule has 1 heterocycles. The third kappa shape index (κ3) is 1.85. The number of ether oxygens (including phenoxy) is 2. The van der Waals surface area contributed by atoms with Gasteiger partial charge in [-0.2, -0.15) is 0 Å². The van der Waals surface area contributed by atoms with Crippen molar-refractivity contribution in [1.82, 2.24) is 0 Å². The molecule has 0 saturated heterocycles. The summed E-state index contributed by atoms with van der Waals surface area (Å²) in [7, 11) is 2.94. The van der Waals surface area contributed by atoms with Crippen molar-refractivity contribution in [2.75, 3.05) is 14.2 Å². The van der Waals surface area contributed by atoms with Crippen molar-refractivity contribution in [3.05, 3.63) is 24.2 Å². The summed E-state index contributed by atoms with van der Waals surface area (Å²) in [5, 5.41) is 9.56. The Morgan fingerprint density at radius 3 is 2.50 bits per heavy atom. The van der Waals surface area contributed by atoms with E-state index in [2.05, 4.69) is 0 Å². The number of hydrogen-bond acceptors (Lipinski definition) is 4. The average Bonchev–Trinajstić information content (AvgIpc) is 2.58. The van der Waals surface area contributed by atoms with E-state index in [-0.39, 0.29) is 0 Å². The van der Waals surface area contributed by atoms with Crippen LogP contribution >= 0.6 is 0 Å². The van der Waals surface area contributed by atoms with Gasteiger partial charge in [0, 0.05) is 19.8 Å². The number of furan rings is 1. The van der Waals surface area contributed by atoms with Crippen LogP contribution in [-0.4, -0.2) is 25.6 Å². The molecule has 0 fully saturated rings. The highest BCUT2D eigenvalue weighted by Gasteiger charge is 2.20. The van der Waals surface area contributed by atoms with Crippen LogP contribution in [-0.2, 0) is 9.47 Å². The lowest BCUT2D eigenvalue weighted by atomic mass is 10.2. The lowest BCUT2D eigenvalue weighted by Crippen LogP contribution is -2.22. The number of aliphatic hydroxyl groups excluding tert-OH is 1. The maximum absolute atomic E-state index is 9.56. The molecule has 68 valence electrons. The fourth-order valence-corrected chi connectivity index (χ4v) is 0.954. The molecular weight excluding hydrogens is 160 g/mol. The Labute approximate surface area is 70.7 Å². The Morgan fingerprint density at radius 1 is 1.42 bits per heavy atom. The molecular formula is C8H12O4. The van der Waals surface area contributed by atoms with E-state index in [1.165, 1.54) is 26.7 Å². The zero-order valence-electron chi connectivity index (χ0n) is 7.06. The summed E-state index contributed by atoms with van der Waals surface area (Å²) in [6, 6.07) is 1.66. The topological polar surface area (TPSA) is 51.8 Å². The Kier molecular flexibility index (Phi) is 3.28. The van der Waals surface area contributed by atoms with E-state index >= 15 is 0 Å². The van der Waals surface area contributed by atoms with Gasteiger partial charge in [-0.3, -0.25) is 0 Å². The normalized spacial score (nSPS) is 13.7. The first-order valence-electron chi connectivity index (χ1n) is 3.55. The quantitative estimate of drug-likeness (QED) is 0.686. The van der Waals surface area contributed by atoms with E-state index in [0.717, 1.165) is 0 Å². The van der Waals surface area contributed by atoms with Crippen LogP contribution in [0.25, 0.3) is 0 Å². The molecule has 0 radical (unpaired) electrons. The van der Waals surface area contributed by atoms with Gasteiger partial charge in [-0.1, -0.05) is 0 Å². The standard InChI is InChI=1S/C8H12O4/c1-10-8(11-2)7(9)6-3-4-12-5-6/h3-5,7-9H,1-2H3. The first kappa shape index (κ1) is 9.25. The maximum Gasteiger partial charge on any atom is 0.187 e. The van der Waals surface area contributed by atoms with Crippen LogP contribution in [0.15, 0.2) is 23.0 Å². The van der Waals surface area contributed by atoms with Gasteiger partial charge in [0.25, 0.3) is 0 Å². The smallest absolute Gasteiger partial charge is 0.187 e. The van der Waals surface area contributed by atoms with Crippen molar-refractivity contribution in [3.63, 3.8) is 0 Å². The van der Waals surface area contributed by atoms with E-state index in [1.54, 1.807) is 6.07 Å². The van der Waals surface area contributed by atoms with E-state index < -0.39 is 12.4 Å². The number of rotatable bonds is 4. The summed E-state index contributed by atoms with van der Waals surface area (Å²) in [4.78, 5) is 0. The highest BCUT2D eigenvalue weighted by atomic mass is 16.7. The van der Waals surface area contributed by atoms with E-state index in [0.29, 0.717) is 5.56 Å². The van der Waals surface area contributed by atoms with Gasteiger partial charge >= 0.3 is 0 Å². The van der Waals surface area contributed by atoms with Crippen molar-refractivity contribution in [3.8, 4) is 0 Å². The molecule has 0 aliphatic heterocycles. The molecule has 0 amide bonds. The van der Waals surface area contributed by atoms with Crippen molar-refractivity contribution in [2.24, 2.45) is 0 Å². The highest BCUT2D eigenvalue weighted by Crippen LogP contribution is 2.19. The number of methoxy groups -OCH3 is 2. The molecule has 0 aliphatic carbocycles. The molecule has 0 saturated carbocycles. The lowest BCUT2D eigenvalue weighted by molar-refractivity contribution is -0.166. The zero-order chi connectivity index (χ0) is 8.97. The third-order valence-electron chi connectivity index (χ3n) is 1.61. The largest absolute Gasteiger partial charge is 0.472 e. The minimum Gasteiger partial charge on any atom is -0.472 e. The van der Waals surface area contributed by atoms with Crippen LogP contribution in [0, 0.1) is 0 Å². The van der Waals surface area contributed by atoms with Gasteiger partial charge in [-0.05, 0) is 6.07 Å². The summed E-state index contributed by atoms with van der Waals surface area (Å²) in [6.07, 6.45) is 1.48. The van der Waals surface area contributed by atoms with Gasteiger partial charge in [0.15, 0.2) is 6.29 Å². The van der Waals surface area contributed by atoms with Crippen LogP contribution in [0.4, 0.5) is 0 Å². The van der Waals surface area contributed by atoms with Crippen molar-refractivity contribution >= 4 is 0 Å². The van der Waals surface area contributed by atoms with Gasteiger partial charge in [-0.15, -0.1) is 0 Å². The molecule has 0 aromatic carbocycles. The maximum atomic E-state index is 9.56. The molecule has 1 unspecified atom stereocenters. The third-order valence-corrected chi connectivity index (χ3v) is 1.61. The molecule has 0 spiro atoms. The van der Waals surface area contributed by atoms with Crippen molar-refractivity contribution in [2.45, 2.75) is 12.4 Å². The first-order chi connectivity index (χ1) is 5.79. The fourth-order valence-electron chi connectivity index (χ4n) is 0.954. The second-order valence-corrected chi connectivity index (χ2v) is 2.34. The van der Waals surface area contributed by atoms with Gasteiger partial charge in [0.05, 0.1) is 12.5 Å². The van der Waals surface area contributed by atoms with Crippen LogP contribution in [0.2, 0.25) is 0 Å². The summed E-state index contributed by atoms with van der Waals surface area (Å²) in [6.45, 7) is 0. The zero-order valence-corrected chi connectivity index (χ0v) is 7.06. The minimum atomic E-state index is -0.807. The second-order valence-electron chi connectivity index (χ2n) is 2.34. The molecule has 12 heavy (non-hydrogen) atoms. The fraction of sp³-hybridized carbons (Fsp3) is 0.500. The highest BCUT2D eigenvalue weighted by molar-refractivity contribution is 5.09. The monoisotopic (exact) mass is 172 g/mol. The van der Waals surface area contributed by atoms with Gasteiger partial charge in [0.1, 0.15) is 6.10 Å².